The quantitative estimate of drug-likeness (QED) is 0.284. The largest absolute Gasteiger partial charge is 0.289 e. The molecule has 2 heteroatoms. The summed E-state index contributed by atoms with van der Waals surface area (Å²) in [6, 6.07) is 15.7. The molecule has 2 aromatic carbocycles. The zero-order chi connectivity index (χ0) is 17.9. The van der Waals surface area contributed by atoms with Gasteiger partial charge in [0.25, 0.3) is 0 Å². The molecule has 0 saturated carbocycles. The van der Waals surface area contributed by atoms with Crippen LogP contribution in [-0.4, -0.2) is 5.78 Å². The molecule has 0 saturated heterocycles. The van der Waals surface area contributed by atoms with Crippen molar-refractivity contribution in [3.8, 4) is 0 Å². The highest BCUT2D eigenvalue weighted by Crippen LogP contribution is 2.20. The smallest absolute Gasteiger partial charge is 0.194 e. The first-order valence-corrected chi connectivity index (χ1v) is 10.4. The molecule has 0 bridgehead atoms. The van der Waals surface area contributed by atoms with Crippen LogP contribution in [0.4, 0.5) is 0 Å². The average Bonchev–Trinajstić information content (AvgIpc) is 2.64. The van der Waals surface area contributed by atoms with Crippen molar-refractivity contribution in [2.45, 2.75) is 64.7 Å². The van der Waals surface area contributed by atoms with Crippen LogP contribution >= 0.6 is 15.9 Å². The first kappa shape index (κ1) is 19.9. The van der Waals surface area contributed by atoms with Gasteiger partial charge < -0.3 is 0 Å². The number of ketones is 1. The topological polar surface area (TPSA) is 17.1 Å². The van der Waals surface area contributed by atoms with Crippen molar-refractivity contribution in [1.82, 2.24) is 0 Å². The van der Waals surface area contributed by atoms with Gasteiger partial charge in [0.15, 0.2) is 5.78 Å². The Morgan fingerprint density at radius 1 is 0.800 bits per heavy atom. The summed E-state index contributed by atoms with van der Waals surface area (Å²) in [5.41, 5.74) is 2.81. The van der Waals surface area contributed by atoms with Crippen LogP contribution in [0.3, 0.4) is 0 Å². The lowest BCUT2D eigenvalue weighted by atomic mass is 9.99. The van der Waals surface area contributed by atoms with Crippen LogP contribution in [-0.2, 0) is 6.42 Å². The van der Waals surface area contributed by atoms with Crippen LogP contribution in [0.2, 0.25) is 0 Å². The summed E-state index contributed by atoms with van der Waals surface area (Å²) in [4.78, 5) is 12.6. The van der Waals surface area contributed by atoms with E-state index in [1.165, 1.54) is 56.9 Å². The molecule has 0 fully saturated rings. The molecular formula is C23H29BrO. The molecule has 0 aliphatic rings. The molecule has 25 heavy (non-hydrogen) atoms. The highest BCUT2D eigenvalue weighted by molar-refractivity contribution is 9.10. The summed E-state index contributed by atoms with van der Waals surface area (Å²) in [6.07, 6.45) is 11.9. The molecule has 1 nitrogen and oxygen atoms in total. The van der Waals surface area contributed by atoms with Gasteiger partial charge in [0, 0.05) is 15.6 Å². The number of rotatable bonds is 11. The van der Waals surface area contributed by atoms with Crippen LogP contribution in [0.15, 0.2) is 53.0 Å². The van der Waals surface area contributed by atoms with Gasteiger partial charge in [-0.2, -0.15) is 0 Å². The summed E-state index contributed by atoms with van der Waals surface area (Å²) in [7, 11) is 0. The predicted molar refractivity (Wildman–Crippen MR) is 110 cm³/mol. The maximum absolute atomic E-state index is 12.6. The maximum atomic E-state index is 12.6. The molecule has 0 atom stereocenters. The highest BCUT2D eigenvalue weighted by Gasteiger charge is 2.11. The molecule has 2 rings (SSSR count). The van der Waals surface area contributed by atoms with Gasteiger partial charge in [-0.3, -0.25) is 4.79 Å². The minimum absolute atomic E-state index is 0.0751. The monoisotopic (exact) mass is 400 g/mol. The number of benzene rings is 2. The van der Waals surface area contributed by atoms with Crippen LogP contribution in [0.25, 0.3) is 0 Å². The van der Waals surface area contributed by atoms with E-state index >= 15 is 0 Å². The number of aryl methyl sites for hydroxylation is 1. The van der Waals surface area contributed by atoms with Crippen molar-refractivity contribution >= 4 is 21.7 Å². The summed E-state index contributed by atoms with van der Waals surface area (Å²) >= 11 is 3.46. The number of hydrogen-bond donors (Lipinski definition) is 0. The fraction of sp³-hybridized carbons (Fsp3) is 0.435. The van der Waals surface area contributed by atoms with Crippen LogP contribution in [0, 0.1) is 0 Å². The van der Waals surface area contributed by atoms with E-state index in [0.29, 0.717) is 0 Å². The summed E-state index contributed by atoms with van der Waals surface area (Å²) in [6.45, 7) is 2.26. The normalized spacial score (nSPS) is 10.8. The lowest BCUT2D eigenvalue weighted by Crippen LogP contribution is -2.02. The molecule has 0 N–H and O–H groups in total. The van der Waals surface area contributed by atoms with E-state index in [-0.39, 0.29) is 5.78 Å². The van der Waals surface area contributed by atoms with E-state index in [9.17, 15) is 4.79 Å². The van der Waals surface area contributed by atoms with E-state index in [1.54, 1.807) is 0 Å². The summed E-state index contributed by atoms with van der Waals surface area (Å²) < 4.78 is 0.850. The van der Waals surface area contributed by atoms with Crippen LogP contribution < -0.4 is 0 Å². The molecule has 0 aromatic heterocycles. The summed E-state index contributed by atoms with van der Waals surface area (Å²) in [5, 5.41) is 0. The molecular weight excluding hydrogens is 372 g/mol. The predicted octanol–water partition coefficient (Wildman–Crippen LogP) is 7.36. The second kappa shape index (κ2) is 11.3. The molecule has 0 radical (unpaired) electrons. The Kier molecular flexibility index (Phi) is 8.96. The van der Waals surface area contributed by atoms with Gasteiger partial charge in [0.1, 0.15) is 0 Å². The zero-order valence-corrected chi connectivity index (χ0v) is 16.9. The molecule has 0 aliphatic heterocycles. The van der Waals surface area contributed by atoms with E-state index in [4.69, 9.17) is 0 Å². The standard InChI is InChI=1S/C23H29BrO/c1-2-3-4-5-6-7-8-9-12-19-15-17-20(18-16-19)23(25)21-13-10-11-14-22(21)24/h10-11,13-18H,2-9,12H2,1H3. The first-order chi connectivity index (χ1) is 12.2. The minimum Gasteiger partial charge on any atom is -0.289 e. The Morgan fingerprint density at radius 3 is 2.04 bits per heavy atom. The minimum atomic E-state index is 0.0751. The van der Waals surface area contributed by atoms with Crippen molar-refractivity contribution in [2.75, 3.05) is 0 Å². The Bertz CT molecular complexity index is 645. The van der Waals surface area contributed by atoms with Crippen molar-refractivity contribution in [3.05, 3.63) is 69.7 Å². The van der Waals surface area contributed by atoms with Gasteiger partial charge in [0.2, 0.25) is 0 Å². The van der Waals surface area contributed by atoms with Gasteiger partial charge in [-0.05, 0) is 30.5 Å². The Balaban J connectivity index is 1.75. The highest BCUT2D eigenvalue weighted by atomic mass is 79.9. The van der Waals surface area contributed by atoms with Crippen LogP contribution in [0.5, 0.6) is 0 Å². The van der Waals surface area contributed by atoms with Gasteiger partial charge in [-0.15, -0.1) is 0 Å². The fourth-order valence-corrected chi connectivity index (χ4v) is 3.55. The maximum Gasteiger partial charge on any atom is 0.194 e. The van der Waals surface area contributed by atoms with Crippen LogP contribution in [0.1, 0.15) is 79.8 Å². The number of unbranched alkanes of at least 4 members (excludes halogenated alkanes) is 7. The van der Waals surface area contributed by atoms with Crippen molar-refractivity contribution in [3.63, 3.8) is 0 Å². The lowest BCUT2D eigenvalue weighted by Gasteiger charge is -2.06. The zero-order valence-electron chi connectivity index (χ0n) is 15.3. The number of carbonyl (C=O) groups excluding carboxylic acids is 1. The van der Waals surface area contributed by atoms with Crippen molar-refractivity contribution in [1.29, 1.82) is 0 Å². The number of carbonyl (C=O) groups is 1. The Morgan fingerprint density at radius 2 is 1.40 bits per heavy atom. The van der Waals surface area contributed by atoms with Gasteiger partial charge in [0.05, 0.1) is 0 Å². The lowest BCUT2D eigenvalue weighted by molar-refractivity contribution is 0.103. The van der Waals surface area contributed by atoms with Gasteiger partial charge >= 0.3 is 0 Å². The second-order valence-electron chi connectivity index (χ2n) is 6.73. The van der Waals surface area contributed by atoms with Gasteiger partial charge in [-0.25, -0.2) is 0 Å². The molecule has 0 heterocycles. The number of halogens is 1. The van der Waals surface area contributed by atoms with E-state index in [2.05, 4.69) is 35.0 Å². The third-order valence-electron chi connectivity index (χ3n) is 4.65. The van der Waals surface area contributed by atoms with E-state index in [0.717, 1.165) is 22.0 Å². The molecule has 0 amide bonds. The average molecular weight is 401 g/mol. The molecule has 0 aliphatic carbocycles. The number of hydrogen-bond acceptors (Lipinski definition) is 1. The second-order valence-corrected chi connectivity index (χ2v) is 7.59. The molecule has 0 spiro atoms. The molecule has 0 unspecified atom stereocenters. The van der Waals surface area contributed by atoms with E-state index in [1.807, 2.05) is 36.4 Å². The Hall–Kier alpha value is -1.41. The van der Waals surface area contributed by atoms with E-state index < -0.39 is 0 Å². The molecule has 2 aromatic rings. The van der Waals surface area contributed by atoms with Gasteiger partial charge in [-0.1, -0.05) is 104 Å². The van der Waals surface area contributed by atoms with Crippen molar-refractivity contribution < 1.29 is 4.79 Å². The van der Waals surface area contributed by atoms with Crippen molar-refractivity contribution in [2.24, 2.45) is 0 Å². The molecule has 134 valence electrons. The Labute approximate surface area is 161 Å². The summed E-state index contributed by atoms with van der Waals surface area (Å²) in [5.74, 6) is 0.0751. The third-order valence-corrected chi connectivity index (χ3v) is 5.35. The fourth-order valence-electron chi connectivity index (χ4n) is 3.09. The third kappa shape index (κ3) is 6.78. The first-order valence-electron chi connectivity index (χ1n) is 9.60. The SMILES string of the molecule is CCCCCCCCCCc1ccc(C(=O)c2ccccc2Br)cc1.